The summed E-state index contributed by atoms with van der Waals surface area (Å²) >= 11 is 0. The first-order chi connectivity index (χ1) is 13.1. The van der Waals surface area contributed by atoms with Crippen molar-refractivity contribution in [2.24, 2.45) is 5.73 Å². The van der Waals surface area contributed by atoms with Crippen molar-refractivity contribution in [2.45, 2.75) is 6.42 Å². The van der Waals surface area contributed by atoms with Gasteiger partial charge >= 0.3 is 0 Å². The van der Waals surface area contributed by atoms with E-state index in [1.165, 1.54) is 0 Å². The number of ether oxygens (including phenoxy) is 1. The molecule has 3 aromatic rings. The number of amides is 2. The fourth-order valence-electron chi connectivity index (χ4n) is 2.56. The molecule has 0 atom stereocenters. The van der Waals surface area contributed by atoms with Crippen LogP contribution in [0.3, 0.4) is 0 Å². The predicted molar refractivity (Wildman–Crippen MR) is 101 cm³/mol. The van der Waals surface area contributed by atoms with Crippen molar-refractivity contribution in [3.8, 4) is 11.4 Å². The monoisotopic (exact) mass is 364 g/mol. The Balaban J connectivity index is 1.56. The fraction of sp³-hybridized carbons (Fsp3) is 0.150. The Hall–Kier alpha value is -3.61. The van der Waals surface area contributed by atoms with E-state index in [1.54, 1.807) is 35.1 Å². The van der Waals surface area contributed by atoms with Gasteiger partial charge in [0, 0.05) is 12.7 Å². The van der Waals surface area contributed by atoms with Crippen LogP contribution in [-0.4, -0.2) is 34.7 Å². The molecular weight excluding hydrogens is 344 g/mol. The van der Waals surface area contributed by atoms with E-state index in [9.17, 15) is 9.59 Å². The van der Waals surface area contributed by atoms with Crippen molar-refractivity contribution in [1.82, 2.24) is 15.1 Å². The Morgan fingerprint density at radius 1 is 1.07 bits per heavy atom. The second-order valence-corrected chi connectivity index (χ2v) is 5.89. The summed E-state index contributed by atoms with van der Waals surface area (Å²) in [5.74, 6) is -0.545. The van der Waals surface area contributed by atoms with Crippen LogP contribution in [-0.2, 0) is 11.2 Å². The lowest BCUT2D eigenvalue weighted by atomic mass is 10.2. The number of carbonyl (C=O) groups is 2. The summed E-state index contributed by atoms with van der Waals surface area (Å²) in [7, 11) is 0. The molecule has 2 amide bonds. The summed E-state index contributed by atoms with van der Waals surface area (Å²) in [6.45, 7) is 0.173. The average Bonchev–Trinajstić information content (AvgIpc) is 3.16. The number of carbonyl (C=O) groups excluding carboxylic acids is 2. The van der Waals surface area contributed by atoms with E-state index in [-0.39, 0.29) is 12.5 Å². The maximum absolute atomic E-state index is 12.4. The molecule has 1 aromatic heterocycles. The standard InChI is InChI=1S/C20H20N4O3/c21-19(25)14-27-18-9-5-4-8-17(18)20(26)22-11-10-15-12-23-24(13-15)16-6-2-1-3-7-16/h1-9,12-13H,10-11,14H2,(H2,21,25)(H,22,26). The first kappa shape index (κ1) is 18.2. The minimum absolute atomic E-state index is 0.273. The fourth-order valence-corrected chi connectivity index (χ4v) is 2.56. The smallest absolute Gasteiger partial charge is 0.255 e. The SMILES string of the molecule is NC(=O)COc1ccccc1C(=O)NCCc1cnn(-c2ccccc2)c1. The Bertz CT molecular complexity index is 922. The number of hydrogen-bond acceptors (Lipinski definition) is 4. The molecule has 7 heteroatoms. The molecule has 3 rings (SSSR count). The molecule has 3 N–H and O–H groups in total. The first-order valence-electron chi connectivity index (χ1n) is 8.51. The third kappa shape index (κ3) is 4.94. The van der Waals surface area contributed by atoms with Crippen LogP contribution in [0.15, 0.2) is 67.0 Å². The lowest BCUT2D eigenvalue weighted by molar-refractivity contribution is -0.119. The van der Waals surface area contributed by atoms with Crippen molar-refractivity contribution >= 4 is 11.8 Å². The van der Waals surface area contributed by atoms with Crippen molar-refractivity contribution < 1.29 is 14.3 Å². The Kier molecular flexibility index (Phi) is 5.84. The van der Waals surface area contributed by atoms with Crippen LogP contribution >= 0.6 is 0 Å². The topological polar surface area (TPSA) is 99.2 Å². The van der Waals surface area contributed by atoms with Gasteiger partial charge in [-0.15, -0.1) is 0 Å². The van der Waals surface area contributed by atoms with E-state index < -0.39 is 5.91 Å². The molecule has 0 fully saturated rings. The van der Waals surface area contributed by atoms with Gasteiger partial charge in [0.05, 0.1) is 17.4 Å². The Morgan fingerprint density at radius 3 is 2.59 bits per heavy atom. The number of para-hydroxylation sites is 2. The second-order valence-electron chi connectivity index (χ2n) is 5.89. The number of nitrogens with zero attached hydrogens (tertiary/aromatic N) is 2. The van der Waals surface area contributed by atoms with Gasteiger partial charge in [0.25, 0.3) is 11.8 Å². The number of primary amides is 1. The third-order valence-corrected chi connectivity index (χ3v) is 3.86. The Labute approximate surface area is 156 Å². The number of nitrogens with two attached hydrogens (primary N) is 1. The second kappa shape index (κ2) is 8.66. The van der Waals surface area contributed by atoms with Gasteiger partial charge in [-0.05, 0) is 36.2 Å². The predicted octanol–water partition coefficient (Wildman–Crippen LogP) is 1.71. The van der Waals surface area contributed by atoms with Crippen molar-refractivity contribution in [3.63, 3.8) is 0 Å². The normalized spacial score (nSPS) is 10.4. The summed E-state index contributed by atoms with van der Waals surface area (Å²) in [6, 6.07) is 16.5. The largest absolute Gasteiger partial charge is 0.483 e. The number of nitrogens with one attached hydrogen (secondary N) is 1. The lowest BCUT2D eigenvalue weighted by Crippen LogP contribution is -2.27. The van der Waals surface area contributed by atoms with Crippen LogP contribution in [0.2, 0.25) is 0 Å². The summed E-state index contributed by atoms with van der Waals surface area (Å²) < 4.78 is 7.08. The summed E-state index contributed by atoms with van der Waals surface area (Å²) in [5, 5.41) is 7.19. The first-order valence-corrected chi connectivity index (χ1v) is 8.51. The van der Waals surface area contributed by atoms with Crippen LogP contribution < -0.4 is 15.8 Å². The van der Waals surface area contributed by atoms with E-state index in [1.807, 2.05) is 36.5 Å². The molecule has 138 valence electrons. The van der Waals surface area contributed by atoms with Crippen molar-refractivity contribution in [2.75, 3.05) is 13.2 Å². The molecule has 0 aliphatic carbocycles. The molecule has 0 saturated carbocycles. The average molecular weight is 364 g/mol. The summed E-state index contributed by atoms with van der Waals surface area (Å²) in [5.41, 5.74) is 7.43. The molecule has 0 aliphatic heterocycles. The van der Waals surface area contributed by atoms with Gasteiger partial charge in [0.15, 0.2) is 6.61 Å². The van der Waals surface area contributed by atoms with E-state index in [0.29, 0.717) is 24.3 Å². The molecule has 1 heterocycles. The molecule has 0 unspecified atom stereocenters. The molecule has 2 aromatic carbocycles. The maximum Gasteiger partial charge on any atom is 0.255 e. The van der Waals surface area contributed by atoms with E-state index in [2.05, 4.69) is 10.4 Å². The highest BCUT2D eigenvalue weighted by molar-refractivity contribution is 5.97. The molecule has 7 nitrogen and oxygen atoms in total. The zero-order chi connectivity index (χ0) is 19.1. The minimum Gasteiger partial charge on any atom is -0.483 e. The van der Waals surface area contributed by atoms with Gasteiger partial charge in [-0.25, -0.2) is 4.68 Å². The van der Waals surface area contributed by atoms with Crippen molar-refractivity contribution in [1.29, 1.82) is 0 Å². The van der Waals surface area contributed by atoms with Crippen LogP contribution in [0.1, 0.15) is 15.9 Å². The number of aromatic nitrogens is 2. The van der Waals surface area contributed by atoms with Crippen LogP contribution in [0.5, 0.6) is 5.75 Å². The van der Waals surface area contributed by atoms with Gasteiger partial charge < -0.3 is 15.8 Å². The number of hydrogen-bond donors (Lipinski definition) is 2. The van der Waals surface area contributed by atoms with Gasteiger partial charge in [-0.3, -0.25) is 9.59 Å². The van der Waals surface area contributed by atoms with Gasteiger partial charge in [-0.2, -0.15) is 5.10 Å². The maximum atomic E-state index is 12.4. The zero-order valence-electron chi connectivity index (χ0n) is 14.7. The molecule has 0 radical (unpaired) electrons. The highest BCUT2D eigenvalue weighted by atomic mass is 16.5. The summed E-state index contributed by atoms with van der Waals surface area (Å²) in [6.07, 6.45) is 4.36. The molecular formula is C20H20N4O3. The van der Waals surface area contributed by atoms with Crippen LogP contribution in [0, 0.1) is 0 Å². The lowest BCUT2D eigenvalue weighted by Gasteiger charge is -2.10. The third-order valence-electron chi connectivity index (χ3n) is 3.86. The molecule has 0 aliphatic rings. The highest BCUT2D eigenvalue weighted by Gasteiger charge is 2.12. The minimum atomic E-state index is -0.597. The molecule has 0 saturated heterocycles. The summed E-state index contributed by atoms with van der Waals surface area (Å²) in [4.78, 5) is 23.3. The van der Waals surface area contributed by atoms with E-state index in [0.717, 1.165) is 11.3 Å². The highest BCUT2D eigenvalue weighted by Crippen LogP contribution is 2.17. The number of rotatable bonds is 8. The Morgan fingerprint density at radius 2 is 1.81 bits per heavy atom. The molecule has 0 spiro atoms. The van der Waals surface area contributed by atoms with E-state index >= 15 is 0 Å². The molecule has 0 bridgehead atoms. The van der Waals surface area contributed by atoms with Crippen LogP contribution in [0.4, 0.5) is 0 Å². The van der Waals surface area contributed by atoms with Crippen molar-refractivity contribution in [3.05, 3.63) is 78.1 Å². The molecule has 27 heavy (non-hydrogen) atoms. The van der Waals surface area contributed by atoms with Gasteiger partial charge in [0.1, 0.15) is 5.75 Å². The number of benzene rings is 2. The quantitative estimate of drug-likeness (QED) is 0.635. The zero-order valence-corrected chi connectivity index (χ0v) is 14.7. The van der Waals surface area contributed by atoms with E-state index in [4.69, 9.17) is 10.5 Å². The van der Waals surface area contributed by atoms with Gasteiger partial charge in [0.2, 0.25) is 0 Å². The van der Waals surface area contributed by atoms with Crippen LogP contribution in [0.25, 0.3) is 5.69 Å². The van der Waals surface area contributed by atoms with Gasteiger partial charge in [-0.1, -0.05) is 30.3 Å².